The van der Waals surface area contributed by atoms with Crippen LogP contribution >= 0.6 is 11.6 Å². The Morgan fingerprint density at radius 1 is 1.24 bits per heavy atom. The van der Waals surface area contributed by atoms with E-state index >= 15 is 0 Å². The van der Waals surface area contributed by atoms with E-state index in [1.807, 2.05) is 24.3 Å². The molecule has 0 heterocycles. The van der Waals surface area contributed by atoms with Crippen LogP contribution in [0.15, 0.2) is 24.3 Å². The van der Waals surface area contributed by atoms with Crippen LogP contribution < -0.4 is 11.3 Å². The van der Waals surface area contributed by atoms with Crippen LogP contribution in [0.25, 0.3) is 0 Å². The molecule has 0 radical (unpaired) electrons. The number of halogens is 1. The van der Waals surface area contributed by atoms with E-state index in [9.17, 15) is 0 Å². The quantitative estimate of drug-likeness (QED) is 0.425. The molecule has 0 saturated carbocycles. The summed E-state index contributed by atoms with van der Waals surface area (Å²) >= 11 is 5.83. The average molecular weight is 259 g/mol. The Hall–Kier alpha value is -0.650. The zero-order valence-electron chi connectivity index (χ0n) is 9.99. The Labute approximate surface area is 107 Å². The highest BCUT2D eigenvalue weighted by Crippen LogP contribution is 2.18. The maximum atomic E-state index is 5.83. The van der Waals surface area contributed by atoms with Gasteiger partial charge in [-0.25, -0.2) is 0 Å². The number of benzene rings is 1. The van der Waals surface area contributed by atoms with Gasteiger partial charge >= 0.3 is 0 Å². The Morgan fingerprint density at radius 2 is 1.94 bits per heavy atom. The van der Waals surface area contributed by atoms with Crippen molar-refractivity contribution >= 4 is 11.6 Å². The van der Waals surface area contributed by atoms with Crippen LogP contribution in [0.1, 0.15) is 18.0 Å². The molecule has 1 aromatic rings. The monoisotopic (exact) mass is 258 g/mol. The highest BCUT2D eigenvalue weighted by atomic mass is 35.5. The van der Waals surface area contributed by atoms with E-state index in [0.717, 1.165) is 17.0 Å². The number of nitrogens with one attached hydrogen (secondary N) is 1. The van der Waals surface area contributed by atoms with Crippen molar-refractivity contribution in [1.29, 1.82) is 0 Å². The first-order valence-electron chi connectivity index (χ1n) is 5.56. The van der Waals surface area contributed by atoms with Gasteiger partial charge in [0.1, 0.15) is 0 Å². The molecule has 0 aliphatic rings. The number of methoxy groups -OCH3 is 1. The molecule has 1 aromatic carbocycles. The fourth-order valence-electron chi connectivity index (χ4n) is 1.49. The Balaban J connectivity index is 2.35. The average Bonchev–Trinajstić information content (AvgIpc) is 2.35. The minimum Gasteiger partial charge on any atom is -0.382 e. The molecular weight excluding hydrogens is 240 g/mol. The van der Waals surface area contributed by atoms with E-state index in [1.54, 1.807) is 7.11 Å². The smallest absolute Gasteiger partial charge is 0.0700 e. The van der Waals surface area contributed by atoms with Crippen LogP contribution in [0, 0.1) is 0 Å². The lowest BCUT2D eigenvalue weighted by atomic mass is 10.1. The van der Waals surface area contributed by atoms with Gasteiger partial charge < -0.3 is 9.47 Å². The molecule has 0 bridgehead atoms. The van der Waals surface area contributed by atoms with Gasteiger partial charge in [0.15, 0.2) is 0 Å². The van der Waals surface area contributed by atoms with Crippen LogP contribution in [0.2, 0.25) is 5.02 Å². The molecule has 0 aliphatic heterocycles. The lowest BCUT2D eigenvalue weighted by Crippen LogP contribution is -2.29. The summed E-state index contributed by atoms with van der Waals surface area (Å²) in [4.78, 5) is 0. The van der Waals surface area contributed by atoms with Gasteiger partial charge in [0, 0.05) is 24.8 Å². The van der Waals surface area contributed by atoms with Crippen LogP contribution in [0.5, 0.6) is 0 Å². The third-order valence-electron chi connectivity index (χ3n) is 2.46. The lowest BCUT2D eigenvalue weighted by Gasteiger charge is -2.16. The number of ether oxygens (including phenoxy) is 2. The van der Waals surface area contributed by atoms with E-state index < -0.39 is 0 Å². The second kappa shape index (κ2) is 8.44. The van der Waals surface area contributed by atoms with Crippen molar-refractivity contribution in [1.82, 2.24) is 5.43 Å². The predicted molar refractivity (Wildman–Crippen MR) is 68.8 cm³/mol. The van der Waals surface area contributed by atoms with Crippen molar-refractivity contribution in [3.05, 3.63) is 34.9 Å². The molecule has 0 spiro atoms. The molecule has 0 fully saturated rings. The molecule has 0 aromatic heterocycles. The Morgan fingerprint density at radius 3 is 2.53 bits per heavy atom. The van der Waals surface area contributed by atoms with E-state index in [-0.39, 0.29) is 6.04 Å². The lowest BCUT2D eigenvalue weighted by molar-refractivity contribution is 0.0658. The van der Waals surface area contributed by atoms with Crippen molar-refractivity contribution in [3.63, 3.8) is 0 Å². The molecule has 5 heteroatoms. The number of hydrazine groups is 1. The first-order chi connectivity index (χ1) is 8.27. The molecule has 0 saturated heterocycles. The maximum absolute atomic E-state index is 5.83. The number of hydrogen-bond donors (Lipinski definition) is 2. The summed E-state index contributed by atoms with van der Waals surface area (Å²) in [6.45, 7) is 1.86. The molecule has 1 atom stereocenters. The normalized spacial score (nSPS) is 12.6. The number of nitrogens with two attached hydrogens (primary N) is 1. The number of hydrogen-bond acceptors (Lipinski definition) is 4. The van der Waals surface area contributed by atoms with Gasteiger partial charge in [-0.2, -0.15) is 0 Å². The zero-order valence-corrected chi connectivity index (χ0v) is 10.7. The predicted octanol–water partition coefficient (Wildman–Crippen LogP) is 1.90. The van der Waals surface area contributed by atoms with Crippen molar-refractivity contribution < 1.29 is 9.47 Å². The molecule has 1 unspecified atom stereocenters. The van der Waals surface area contributed by atoms with E-state index in [4.69, 9.17) is 26.9 Å². The molecule has 17 heavy (non-hydrogen) atoms. The van der Waals surface area contributed by atoms with Crippen molar-refractivity contribution in [2.24, 2.45) is 5.84 Å². The first kappa shape index (κ1) is 14.4. The largest absolute Gasteiger partial charge is 0.382 e. The van der Waals surface area contributed by atoms with Crippen molar-refractivity contribution in [2.75, 3.05) is 26.9 Å². The molecule has 96 valence electrons. The van der Waals surface area contributed by atoms with Crippen LogP contribution in [-0.2, 0) is 9.47 Å². The van der Waals surface area contributed by atoms with E-state index in [1.165, 1.54) is 0 Å². The summed E-state index contributed by atoms with van der Waals surface area (Å²) in [5, 5.41) is 0.723. The Bertz CT molecular complexity index is 306. The third kappa shape index (κ3) is 5.48. The van der Waals surface area contributed by atoms with Gasteiger partial charge in [-0.3, -0.25) is 11.3 Å². The van der Waals surface area contributed by atoms with Gasteiger partial charge in [0.05, 0.1) is 13.2 Å². The molecule has 1 rings (SSSR count). The van der Waals surface area contributed by atoms with Gasteiger partial charge in [0.2, 0.25) is 0 Å². The minimum atomic E-state index is 0.0785. The van der Waals surface area contributed by atoms with Crippen molar-refractivity contribution in [3.8, 4) is 0 Å². The molecule has 4 nitrogen and oxygen atoms in total. The van der Waals surface area contributed by atoms with Gasteiger partial charge in [-0.15, -0.1) is 0 Å². The summed E-state index contributed by atoms with van der Waals surface area (Å²) in [5.74, 6) is 5.52. The summed E-state index contributed by atoms with van der Waals surface area (Å²) < 4.78 is 10.3. The molecule has 0 amide bonds. The fraction of sp³-hybridized carbons (Fsp3) is 0.500. The second-order valence-electron chi connectivity index (χ2n) is 3.66. The molecular formula is C12H19ClN2O2. The summed E-state index contributed by atoms with van der Waals surface area (Å²) in [7, 11) is 1.65. The van der Waals surface area contributed by atoms with E-state index in [2.05, 4.69) is 5.43 Å². The third-order valence-corrected chi connectivity index (χ3v) is 2.71. The minimum absolute atomic E-state index is 0.0785. The summed E-state index contributed by atoms with van der Waals surface area (Å²) in [6.07, 6.45) is 0.807. The second-order valence-corrected chi connectivity index (χ2v) is 4.10. The SMILES string of the molecule is COCCOCCC(NN)c1ccc(Cl)cc1. The van der Waals surface area contributed by atoms with Gasteiger partial charge in [0.25, 0.3) is 0 Å². The summed E-state index contributed by atoms with van der Waals surface area (Å²) in [6, 6.07) is 7.71. The van der Waals surface area contributed by atoms with Gasteiger partial charge in [-0.05, 0) is 24.1 Å². The van der Waals surface area contributed by atoms with E-state index in [0.29, 0.717) is 19.8 Å². The highest BCUT2D eigenvalue weighted by molar-refractivity contribution is 6.30. The molecule has 3 N–H and O–H groups in total. The van der Waals surface area contributed by atoms with Crippen LogP contribution in [-0.4, -0.2) is 26.9 Å². The maximum Gasteiger partial charge on any atom is 0.0700 e. The fourth-order valence-corrected chi connectivity index (χ4v) is 1.61. The standard InChI is InChI=1S/C12H19ClN2O2/c1-16-8-9-17-7-6-12(15-14)10-2-4-11(13)5-3-10/h2-5,12,15H,6-9,14H2,1H3. The zero-order chi connectivity index (χ0) is 12.5. The summed E-state index contributed by atoms with van der Waals surface area (Å²) in [5.41, 5.74) is 3.88. The van der Waals surface area contributed by atoms with Crippen LogP contribution in [0.4, 0.5) is 0 Å². The topological polar surface area (TPSA) is 56.5 Å². The van der Waals surface area contributed by atoms with Crippen molar-refractivity contribution in [2.45, 2.75) is 12.5 Å². The van der Waals surface area contributed by atoms with Crippen LogP contribution in [0.3, 0.4) is 0 Å². The highest BCUT2D eigenvalue weighted by Gasteiger charge is 2.08. The first-order valence-corrected chi connectivity index (χ1v) is 5.94. The number of rotatable bonds is 8. The molecule has 0 aliphatic carbocycles. The Kier molecular flexibility index (Phi) is 7.16. The van der Waals surface area contributed by atoms with Gasteiger partial charge in [-0.1, -0.05) is 23.7 Å².